The molecule has 102 valence electrons. The van der Waals surface area contributed by atoms with Gasteiger partial charge < -0.3 is 14.5 Å². The summed E-state index contributed by atoms with van der Waals surface area (Å²) in [5.41, 5.74) is 1.17. The van der Waals surface area contributed by atoms with Crippen LogP contribution in [0.2, 0.25) is 0 Å². The van der Waals surface area contributed by atoms with Crippen molar-refractivity contribution < 1.29 is 9.15 Å². The van der Waals surface area contributed by atoms with Gasteiger partial charge in [-0.05, 0) is 27.2 Å². The summed E-state index contributed by atoms with van der Waals surface area (Å²) in [6, 6.07) is 0.474. The maximum Gasteiger partial charge on any atom is 0.208 e. The van der Waals surface area contributed by atoms with E-state index in [2.05, 4.69) is 31.1 Å². The minimum Gasteiger partial charge on any atom is -0.444 e. The van der Waals surface area contributed by atoms with Gasteiger partial charge in [0.2, 0.25) is 5.89 Å². The molecule has 4 nitrogen and oxygen atoms in total. The van der Waals surface area contributed by atoms with Crippen LogP contribution in [0.5, 0.6) is 0 Å². The number of oxazole rings is 1. The van der Waals surface area contributed by atoms with Crippen LogP contribution in [0, 0.1) is 19.3 Å². The fourth-order valence-corrected chi connectivity index (χ4v) is 2.54. The molecule has 2 unspecified atom stereocenters. The Balaban J connectivity index is 1.85. The number of ether oxygens (including phenoxy) is 1. The first-order chi connectivity index (χ1) is 8.45. The van der Waals surface area contributed by atoms with Gasteiger partial charge in [0.25, 0.3) is 0 Å². The van der Waals surface area contributed by atoms with Crippen LogP contribution in [-0.4, -0.2) is 23.7 Å². The first kappa shape index (κ1) is 13.6. The molecule has 2 rings (SSSR count). The van der Waals surface area contributed by atoms with Gasteiger partial charge >= 0.3 is 0 Å². The van der Waals surface area contributed by atoms with E-state index in [0.717, 1.165) is 30.4 Å². The van der Waals surface area contributed by atoms with Crippen LogP contribution in [0.1, 0.15) is 44.5 Å². The number of aromatic nitrogens is 1. The lowest BCUT2D eigenvalue weighted by Gasteiger charge is -2.51. The molecular weight excluding hydrogens is 228 g/mol. The molecule has 1 fully saturated rings. The van der Waals surface area contributed by atoms with Crippen LogP contribution in [0.4, 0.5) is 0 Å². The highest BCUT2D eigenvalue weighted by Gasteiger charge is 2.48. The maximum atomic E-state index is 5.72. The van der Waals surface area contributed by atoms with Gasteiger partial charge in [-0.1, -0.05) is 13.8 Å². The molecule has 1 heterocycles. The molecule has 0 radical (unpaired) electrons. The molecular formula is C14H24N2O2. The third-order valence-corrected chi connectivity index (χ3v) is 4.12. The van der Waals surface area contributed by atoms with Gasteiger partial charge in [-0.2, -0.15) is 0 Å². The van der Waals surface area contributed by atoms with Crippen molar-refractivity contribution in [1.29, 1.82) is 0 Å². The Morgan fingerprint density at radius 1 is 1.44 bits per heavy atom. The first-order valence-electron chi connectivity index (χ1n) is 6.73. The van der Waals surface area contributed by atoms with Gasteiger partial charge in [-0.25, -0.2) is 4.98 Å². The summed E-state index contributed by atoms with van der Waals surface area (Å²) in [5.74, 6) is 1.69. The fourth-order valence-electron chi connectivity index (χ4n) is 2.54. The molecule has 0 bridgehead atoms. The summed E-state index contributed by atoms with van der Waals surface area (Å²) in [7, 11) is 0. The minimum atomic E-state index is 0.187. The minimum absolute atomic E-state index is 0.187. The summed E-state index contributed by atoms with van der Waals surface area (Å²) in [5, 5.41) is 3.52. The standard InChI is InChI=1S/C14H24N2O2/c1-6-17-12-7-11(14(12,4)5)15-8-13-16-9(2)10(3)18-13/h11-12,15H,6-8H2,1-5H3. The monoisotopic (exact) mass is 252 g/mol. The van der Waals surface area contributed by atoms with Crippen molar-refractivity contribution in [3.8, 4) is 0 Å². The van der Waals surface area contributed by atoms with Gasteiger partial charge in [-0.3, -0.25) is 0 Å². The number of rotatable bonds is 5. The third kappa shape index (κ3) is 2.45. The molecule has 1 aromatic heterocycles. The van der Waals surface area contributed by atoms with Crippen LogP contribution in [-0.2, 0) is 11.3 Å². The molecule has 1 saturated carbocycles. The van der Waals surface area contributed by atoms with Crippen molar-refractivity contribution in [1.82, 2.24) is 10.3 Å². The molecule has 2 atom stereocenters. The van der Waals surface area contributed by atoms with Crippen LogP contribution in [0.25, 0.3) is 0 Å². The zero-order valence-corrected chi connectivity index (χ0v) is 12.0. The normalized spacial score (nSPS) is 26.1. The average molecular weight is 252 g/mol. The predicted octanol–water partition coefficient (Wildman–Crippen LogP) is 2.58. The molecule has 1 aliphatic rings. The van der Waals surface area contributed by atoms with E-state index in [4.69, 9.17) is 9.15 Å². The highest BCUT2D eigenvalue weighted by molar-refractivity contribution is 5.07. The number of hydrogen-bond acceptors (Lipinski definition) is 4. The Labute approximate surface area is 109 Å². The predicted molar refractivity (Wildman–Crippen MR) is 70.4 cm³/mol. The molecule has 4 heteroatoms. The molecule has 0 aliphatic heterocycles. The van der Waals surface area contributed by atoms with E-state index < -0.39 is 0 Å². The number of aryl methyl sites for hydroxylation is 2. The third-order valence-electron chi connectivity index (χ3n) is 4.12. The zero-order chi connectivity index (χ0) is 13.3. The first-order valence-corrected chi connectivity index (χ1v) is 6.73. The van der Waals surface area contributed by atoms with Gasteiger partial charge in [-0.15, -0.1) is 0 Å². The molecule has 0 amide bonds. The quantitative estimate of drug-likeness (QED) is 0.875. The molecule has 0 aromatic carbocycles. The second-order valence-corrected chi connectivity index (χ2v) is 5.68. The molecule has 1 aliphatic carbocycles. The topological polar surface area (TPSA) is 47.3 Å². The fraction of sp³-hybridized carbons (Fsp3) is 0.786. The Bertz CT molecular complexity index is 392. The summed E-state index contributed by atoms with van der Waals surface area (Å²) in [6.07, 6.45) is 1.44. The molecule has 0 spiro atoms. The molecule has 1 N–H and O–H groups in total. The van der Waals surface area contributed by atoms with E-state index in [9.17, 15) is 0 Å². The average Bonchev–Trinajstić information content (AvgIpc) is 2.62. The lowest BCUT2D eigenvalue weighted by Crippen LogP contribution is -2.60. The van der Waals surface area contributed by atoms with Crippen molar-refractivity contribution in [3.05, 3.63) is 17.3 Å². The Morgan fingerprint density at radius 2 is 2.17 bits per heavy atom. The van der Waals surface area contributed by atoms with Crippen molar-refractivity contribution in [2.45, 2.75) is 59.7 Å². The number of hydrogen-bond donors (Lipinski definition) is 1. The second kappa shape index (κ2) is 5.02. The zero-order valence-electron chi connectivity index (χ0n) is 12.0. The van der Waals surface area contributed by atoms with Crippen LogP contribution < -0.4 is 5.32 Å². The van der Waals surface area contributed by atoms with E-state index in [1.165, 1.54) is 0 Å². The molecule has 1 aromatic rings. The lowest BCUT2D eigenvalue weighted by molar-refractivity contribution is -0.114. The SMILES string of the molecule is CCOC1CC(NCc2nc(C)c(C)o2)C1(C)C. The summed E-state index contributed by atoms with van der Waals surface area (Å²) >= 11 is 0. The Kier molecular flexibility index (Phi) is 3.78. The van der Waals surface area contributed by atoms with E-state index in [1.54, 1.807) is 0 Å². The maximum absolute atomic E-state index is 5.72. The molecule has 0 saturated heterocycles. The number of nitrogens with zero attached hydrogens (tertiary/aromatic N) is 1. The lowest BCUT2D eigenvalue weighted by atomic mass is 9.64. The van der Waals surface area contributed by atoms with E-state index >= 15 is 0 Å². The molecule has 18 heavy (non-hydrogen) atoms. The van der Waals surface area contributed by atoms with Crippen LogP contribution in [0.3, 0.4) is 0 Å². The van der Waals surface area contributed by atoms with E-state index in [-0.39, 0.29) is 5.41 Å². The van der Waals surface area contributed by atoms with Crippen molar-refractivity contribution in [2.24, 2.45) is 5.41 Å². The van der Waals surface area contributed by atoms with Crippen LogP contribution >= 0.6 is 0 Å². The van der Waals surface area contributed by atoms with Crippen molar-refractivity contribution in [3.63, 3.8) is 0 Å². The van der Waals surface area contributed by atoms with E-state index in [0.29, 0.717) is 18.7 Å². The van der Waals surface area contributed by atoms with Crippen molar-refractivity contribution in [2.75, 3.05) is 6.61 Å². The smallest absolute Gasteiger partial charge is 0.208 e. The van der Waals surface area contributed by atoms with Gasteiger partial charge in [0.05, 0.1) is 18.3 Å². The van der Waals surface area contributed by atoms with Gasteiger partial charge in [0.1, 0.15) is 5.76 Å². The summed E-state index contributed by atoms with van der Waals surface area (Å²) < 4.78 is 11.3. The van der Waals surface area contributed by atoms with Crippen molar-refractivity contribution >= 4 is 0 Å². The number of nitrogens with one attached hydrogen (secondary N) is 1. The Hall–Kier alpha value is -0.870. The Morgan fingerprint density at radius 3 is 2.67 bits per heavy atom. The summed E-state index contributed by atoms with van der Waals surface area (Å²) in [6.45, 7) is 12.0. The van der Waals surface area contributed by atoms with Crippen LogP contribution in [0.15, 0.2) is 4.42 Å². The van der Waals surface area contributed by atoms with Gasteiger partial charge in [0, 0.05) is 18.1 Å². The largest absolute Gasteiger partial charge is 0.444 e. The highest BCUT2D eigenvalue weighted by Crippen LogP contribution is 2.42. The summed E-state index contributed by atoms with van der Waals surface area (Å²) in [4.78, 5) is 4.38. The second-order valence-electron chi connectivity index (χ2n) is 5.68. The highest BCUT2D eigenvalue weighted by atomic mass is 16.5. The van der Waals surface area contributed by atoms with Gasteiger partial charge in [0.15, 0.2) is 0 Å². The van der Waals surface area contributed by atoms with E-state index in [1.807, 2.05) is 13.8 Å².